The third kappa shape index (κ3) is 2.26. The SMILES string of the molecule is COc1cccc(OC2CCCC2)c1C1CC1. The Morgan fingerprint density at radius 2 is 1.71 bits per heavy atom. The van der Waals surface area contributed by atoms with Gasteiger partial charge in [0, 0.05) is 5.56 Å². The van der Waals surface area contributed by atoms with Crippen molar-refractivity contribution in [3.05, 3.63) is 23.8 Å². The van der Waals surface area contributed by atoms with Crippen molar-refractivity contribution >= 4 is 0 Å². The molecule has 0 atom stereocenters. The van der Waals surface area contributed by atoms with Crippen LogP contribution in [-0.2, 0) is 0 Å². The zero-order valence-electron chi connectivity index (χ0n) is 10.4. The normalized spacial score (nSPS) is 20.5. The Morgan fingerprint density at radius 3 is 2.35 bits per heavy atom. The Kier molecular flexibility index (Phi) is 2.96. The Hall–Kier alpha value is -1.18. The Morgan fingerprint density at radius 1 is 1.00 bits per heavy atom. The molecule has 2 nitrogen and oxygen atoms in total. The second-order valence-electron chi connectivity index (χ2n) is 5.17. The van der Waals surface area contributed by atoms with Crippen LogP contribution in [0.3, 0.4) is 0 Å². The Bertz CT molecular complexity index is 390. The van der Waals surface area contributed by atoms with E-state index < -0.39 is 0 Å². The topological polar surface area (TPSA) is 18.5 Å². The van der Waals surface area contributed by atoms with Crippen LogP contribution < -0.4 is 9.47 Å². The minimum absolute atomic E-state index is 0.430. The molecule has 17 heavy (non-hydrogen) atoms. The van der Waals surface area contributed by atoms with Gasteiger partial charge in [-0.25, -0.2) is 0 Å². The van der Waals surface area contributed by atoms with Crippen LogP contribution in [0.25, 0.3) is 0 Å². The Balaban J connectivity index is 1.86. The molecule has 0 bridgehead atoms. The molecular formula is C15H20O2. The van der Waals surface area contributed by atoms with Crippen LogP contribution in [0.1, 0.15) is 50.0 Å². The fraction of sp³-hybridized carbons (Fsp3) is 0.600. The average Bonchev–Trinajstić information content (AvgIpc) is 3.07. The molecule has 0 radical (unpaired) electrons. The van der Waals surface area contributed by atoms with Crippen LogP contribution in [0.15, 0.2) is 18.2 Å². The summed E-state index contributed by atoms with van der Waals surface area (Å²) in [6.07, 6.45) is 8.03. The largest absolute Gasteiger partial charge is 0.496 e. The van der Waals surface area contributed by atoms with Gasteiger partial charge in [-0.15, -0.1) is 0 Å². The van der Waals surface area contributed by atoms with E-state index in [-0.39, 0.29) is 0 Å². The van der Waals surface area contributed by atoms with Gasteiger partial charge in [0.15, 0.2) is 0 Å². The van der Waals surface area contributed by atoms with Crippen molar-refractivity contribution in [2.75, 3.05) is 7.11 Å². The zero-order valence-corrected chi connectivity index (χ0v) is 10.4. The predicted octanol–water partition coefficient (Wildman–Crippen LogP) is 3.89. The third-order valence-corrected chi connectivity index (χ3v) is 3.83. The van der Waals surface area contributed by atoms with Gasteiger partial charge in [0.05, 0.1) is 13.2 Å². The van der Waals surface area contributed by atoms with Crippen molar-refractivity contribution in [1.82, 2.24) is 0 Å². The predicted molar refractivity (Wildman–Crippen MR) is 67.9 cm³/mol. The van der Waals surface area contributed by atoms with Crippen LogP contribution in [0.5, 0.6) is 11.5 Å². The zero-order chi connectivity index (χ0) is 11.7. The molecule has 2 aliphatic rings. The van der Waals surface area contributed by atoms with E-state index in [9.17, 15) is 0 Å². The molecule has 0 heterocycles. The first kappa shape index (κ1) is 10.9. The van der Waals surface area contributed by atoms with Gasteiger partial charge >= 0.3 is 0 Å². The van der Waals surface area contributed by atoms with E-state index in [0.717, 1.165) is 11.5 Å². The summed E-state index contributed by atoms with van der Waals surface area (Å²) in [6, 6.07) is 6.19. The fourth-order valence-electron chi connectivity index (χ4n) is 2.76. The summed E-state index contributed by atoms with van der Waals surface area (Å²) in [5.41, 5.74) is 1.31. The standard InChI is InChI=1S/C15H20O2/c1-16-13-7-4-8-14(15(13)11-9-10-11)17-12-5-2-3-6-12/h4,7-8,11-12H,2-3,5-6,9-10H2,1H3. The summed E-state index contributed by atoms with van der Waals surface area (Å²) >= 11 is 0. The molecule has 0 N–H and O–H groups in total. The molecule has 0 aliphatic heterocycles. The molecule has 0 aromatic heterocycles. The van der Waals surface area contributed by atoms with E-state index in [1.807, 2.05) is 6.07 Å². The lowest BCUT2D eigenvalue weighted by atomic mass is 10.1. The van der Waals surface area contributed by atoms with Crippen molar-refractivity contribution in [1.29, 1.82) is 0 Å². The van der Waals surface area contributed by atoms with Gasteiger partial charge in [-0.2, -0.15) is 0 Å². The van der Waals surface area contributed by atoms with Gasteiger partial charge < -0.3 is 9.47 Å². The number of rotatable bonds is 4. The monoisotopic (exact) mass is 232 g/mol. The lowest BCUT2D eigenvalue weighted by molar-refractivity contribution is 0.207. The van der Waals surface area contributed by atoms with Gasteiger partial charge in [0.1, 0.15) is 11.5 Å². The van der Waals surface area contributed by atoms with Crippen LogP contribution in [-0.4, -0.2) is 13.2 Å². The molecule has 92 valence electrons. The van der Waals surface area contributed by atoms with Gasteiger partial charge in [-0.05, 0) is 56.6 Å². The maximum absolute atomic E-state index is 6.17. The molecule has 2 fully saturated rings. The molecule has 2 aliphatic carbocycles. The second-order valence-corrected chi connectivity index (χ2v) is 5.17. The second kappa shape index (κ2) is 4.59. The smallest absolute Gasteiger partial charge is 0.126 e. The Labute approximate surface area is 103 Å². The first-order valence-electron chi connectivity index (χ1n) is 6.72. The molecule has 3 rings (SSSR count). The summed E-state index contributed by atoms with van der Waals surface area (Å²) in [6.45, 7) is 0. The molecule has 1 aromatic carbocycles. The summed E-state index contributed by atoms with van der Waals surface area (Å²) in [5, 5.41) is 0. The van der Waals surface area contributed by atoms with E-state index in [2.05, 4.69) is 12.1 Å². The molecule has 0 spiro atoms. The highest BCUT2D eigenvalue weighted by molar-refractivity contribution is 5.49. The first-order valence-corrected chi connectivity index (χ1v) is 6.72. The van der Waals surface area contributed by atoms with Crippen molar-refractivity contribution in [2.24, 2.45) is 0 Å². The quantitative estimate of drug-likeness (QED) is 0.784. The molecule has 0 unspecified atom stereocenters. The number of hydrogen-bond donors (Lipinski definition) is 0. The van der Waals surface area contributed by atoms with E-state index in [4.69, 9.17) is 9.47 Å². The summed E-state index contributed by atoms with van der Waals surface area (Å²) < 4.78 is 11.6. The van der Waals surface area contributed by atoms with Gasteiger partial charge in [0.25, 0.3) is 0 Å². The number of hydrogen-bond acceptors (Lipinski definition) is 2. The third-order valence-electron chi connectivity index (χ3n) is 3.83. The van der Waals surface area contributed by atoms with Crippen LogP contribution in [0.2, 0.25) is 0 Å². The number of methoxy groups -OCH3 is 1. The van der Waals surface area contributed by atoms with E-state index >= 15 is 0 Å². The van der Waals surface area contributed by atoms with E-state index in [0.29, 0.717) is 12.0 Å². The molecule has 0 amide bonds. The summed E-state index contributed by atoms with van der Waals surface area (Å²) in [7, 11) is 1.75. The lowest BCUT2D eigenvalue weighted by Crippen LogP contribution is -2.12. The number of benzene rings is 1. The highest BCUT2D eigenvalue weighted by Gasteiger charge is 2.31. The van der Waals surface area contributed by atoms with E-state index in [1.54, 1.807) is 7.11 Å². The summed E-state index contributed by atoms with van der Waals surface area (Å²) in [5.74, 6) is 2.74. The van der Waals surface area contributed by atoms with Gasteiger partial charge in [-0.3, -0.25) is 0 Å². The van der Waals surface area contributed by atoms with E-state index in [1.165, 1.54) is 44.1 Å². The molecule has 2 saturated carbocycles. The minimum Gasteiger partial charge on any atom is -0.496 e. The van der Waals surface area contributed by atoms with Crippen LogP contribution >= 0.6 is 0 Å². The van der Waals surface area contributed by atoms with Crippen molar-refractivity contribution in [3.8, 4) is 11.5 Å². The van der Waals surface area contributed by atoms with Crippen LogP contribution in [0.4, 0.5) is 0 Å². The first-order chi connectivity index (χ1) is 8.38. The highest BCUT2D eigenvalue weighted by atomic mass is 16.5. The molecular weight excluding hydrogens is 212 g/mol. The number of ether oxygens (including phenoxy) is 2. The average molecular weight is 232 g/mol. The maximum Gasteiger partial charge on any atom is 0.126 e. The molecule has 1 aromatic rings. The van der Waals surface area contributed by atoms with Crippen LogP contribution in [0, 0.1) is 0 Å². The molecule has 0 saturated heterocycles. The van der Waals surface area contributed by atoms with Gasteiger partial charge in [-0.1, -0.05) is 6.07 Å². The van der Waals surface area contributed by atoms with Crippen molar-refractivity contribution < 1.29 is 9.47 Å². The maximum atomic E-state index is 6.17. The minimum atomic E-state index is 0.430. The van der Waals surface area contributed by atoms with Crippen molar-refractivity contribution in [2.45, 2.75) is 50.5 Å². The lowest BCUT2D eigenvalue weighted by Gasteiger charge is -2.18. The highest BCUT2D eigenvalue weighted by Crippen LogP contribution is 2.49. The van der Waals surface area contributed by atoms with Crippen molar-refractivity contribution in [3.63, 3.8) is 0 Å². The molecule has 2 heteroatoms. The summed E-state index contributed by atoms with van der Waals surface area (Å²) in [4.78, 5) is 0. The fourth-order valence-corrected chi connectivity index (χ4v) is 2.76. The van der Waals surface area contributed by atoms with Gasteiger partial charge in [0.2, 0.25) is 0 Å².